The van der Waals surface area contributed by atoms with Crippen LogP contribution in [0.25, 0.3) is 0 Å². The molecule has 2 bridgehead atoms. The molecule has 0 spiro atoms. The number of imide groups is 1. The lowest BCUT2D eigenvalue weighted by atomic mass is 9.71. The van der Waals surface area contributed by atoms with Gasteiger partial charge in [0.25, 0.3) is 0 Å². The number of fused-ring (bicyclic) bond motifs is 8. The van der Waals surface area contributed by atoms with Crippen LogP contribution in [-0.4, -0.2) is 30.7 Å². The second kappa shape index (κ2) is 6.32. The van der Waals surface area contributed by atoms with E-state index >= 15 is 0 Å². The molecule has 152 valence electrons. The summed E-state index contributed by atoms with van der Waals surface area (Å²) in [6, 6.07) is 14.6. The molecule has 2 aliphatic carbocycles. The van der Waals surface area contributed by atoms with Crippen molar-refractivity contribution in [2.75, 3.05) is 12.0 Å². The molecule has 2 heterocycles. The van der Waals surface area contributed by atoms with Gasteiger partial charge in [-0.05, 0) is 54.3 Å². The third-order valence-corrected chi connectivity index (χ3v) is 7.41. The van der Waals surface area contributed by atoms with Gasteiger partial charge in [-0.3, -0.25) is 14.5 Å². The quantitative estimate of drug-likeness (QED) is 0.710. The number of rotatable bonds is 3. The normalized spacial score (nSPS) is 33.4. The van der Waals surface area contributed by atoms with Crippen LogP contribution < -0.4 is 9.64 Å². The molecule has 2 aliphatic heterocycles. The van der Waals surface area contributed by atoms with Crippen molar-refractivity contribution in [2.45, 2.75) is 12.5 Å². The zero-order valence-corrected chi connectivity index (χ0v) is 17.0. The largest absolute Gasteiger partial charge is 0.497 e. The number of hydrogen-bond donors (Lipinski definition) is 0. The third-order valence-electron chi connectivity index (χ3n) is 7.16. The fourth-order valence-electron chi connectivity index (χ4n) is 5.97. The first kappa shape index (κ1) is 18.0. The van der Waals surface area contributed by atoms with Crippen LogP contribution in [0.15, 0.2) is 53.7 Å². The van der Waals surface area contributed by atoms with Gasteiger partial charge in [0.15, 0.2) is 0 Å². The van der Waals surface area contributed by atoms with E-state index in [1.165, 1.54) is 4.90 Å². The van der Waals surface area contributed by atoms with Gasteiger partial charge in [-0.25, -0.2) is 0 Å². The number of carbonyl (C=O) groups excluding carboxylic acids is 2. The number of methoxy groups -OCH3 is 1. The Labute approximate surface area is 178 Å². The molecule has 6 rings (SSSR count). The van der Waals surface area contributed by atoms with Gasteiger partial charge in [-0.1, -0.05) is 28.9 Å². The zero-order valence-electron chi connectivity index (χ0n) is 16.2. The summed E-state index contributed by atoms with van der Waals surface area (Å²) >= 11 is 6.03. The maximum absolute atomic E-state index is 13.4. The van der Waals surface area contributed by atoms with E-state index in [9.17, 15) is 9.59 Å². The van der Waals surface area contributed by atoms with Gasteiger partial charge in [0.1, 0.15) is 11.9 Å². The van der Waals surface area contributed by atoms with Gasteiger partial charge in [0.05, 0.1) is 30.3 Å². The van der Waals surface area contributed by atoms with Crippen molar-refractivity contribution in [2.24, 2.45) is 34.7 Å². The monoisotopic (exact) mass is 422 g/mol. The summed E-state index contributed by atoms with van der Waals surface area (Å²) in [6.45, 7) is 0. The Hall–Kier alpha value is -2.86. The summed E-state index contributed by atoms with van der Waals surface area (Å²) in [5, 5.41) is 5.02. The second-order valence-corrected chi connectivity index (χ2v) is 8.84. The highest BCUT2D eigenvalue weighted by molar-refractivity contribution is 6.30. The fourth-order valence-corrected chi connectivity index (χ4v) is 6.10. The van der Waals surface area contributed by atoms with Gasteiger partial charge in [0.2, 0.25) is 11.8 Å². The summed E-state index contributed by atoms with van der Waals surface area (Å²) in [4.78, 5) is 33.9. The number of anilines is 1. The molecular weight excluding hydrogens is 404 g/mol. The molecule has 2 aromatic carbocycles. The van der Waals surface area contributed by atoms with E-state index in [-0.39, 0.29) is 47.5 Å². The zero-order chi connectivity index (χ0) is 20.6. The molecule has 30 heavy (non-hydrogen) atoms. The lowest BCUT2D eigenvalue weighted by Crippen LogP contribution is -2.41. The SMILES string of the molecule is COc1ccc(N2C(=O)[C@@H]3[C@H]4C[C@@H]([C@@H]5ON=C(c6ccc(Cl)cc6)[C@@H]45)[C@H]3C2=O)cc1. The molecule has 4 aliphatic rings. The minimum absolute atomic E-state index is 0.0123. The van der Waals surface area contributed by atoms with Crippen molar-refractivity contribution in [1.29, 1.82) is 0 Å². The Balaban J connectivity index is 1.33. The molecule has 2 amide bonds. The summed E-state index contributed by atoms with van der Waals surface area (Å²) in [5.74, 6) is -0.0847. The Morgan fingerprint density at radius 3 is 2.30 bits per heavy atom. The number of benzene rings is 2. The topological polar surface area (TPSA) is 68.2 Å². The van der Waals surface area contributed by atoms with Crippen LogP contribution in [0.2, 0.25) is 5.02 Å². The Morgan fingerprint density at radius 1 is 0.967 bits per heavy atom. The van der Waals surface area contributed by atoms with Crippen molar-refractivity contribution in [1.82, 2.24) is 0 Å². The first-order valence-electron chi connectivity index (χ1n) is 10.1. The number of oxime groups is 1. The number of ether oxygens (including phenoxy) is 1. The minimum Gasteiger partial charge on any atom is -0.497 e. The van der Waals surface area contributed by atoms with Crippen molar-refractivity contribution in [3.05, 3.63) is 59.1 Å². The maximum atomic E-state index is 13.4. The average Bonchev–Trinajstić information content (AvgIpc) is 3.49. The Kier molecular flexibility index (Phi) is 3.78. The van der Waals surface area contributed by atoms with Crippen LogP contribution in [0, 0.1) is 29.6 Å². The molecule has 1 saturated heterocycles. The fraction of sp³-hybridized carbons (Fsp3) is 0.348. The summed E-state index contributed by atoms with van der Waals surface area (Å²) in [6.07, 6.45) is 0.681. The molecule has 2 aromatic rings. The van der Waals surface area contributed by atoms with Gasteiger partial charge in [0, 0.05) is 16.9 Å². The van der Waals surface area contributed by atoms with Gasteiger partial charge < -0.3 is 9.57 Å². The van der Waals surface area contributed by atoms with E-state index in [2.05, 4.69) is 5.16 Å². The standard InChI is InChI=1S/C23H19ClN2O4/c1-29-14-8-6-13(7-9-14)26-22(27)17-15-10-16(18(17)23(26)28)21-19(15)20(25-30-21)11-2-4-12(24)5-3-11/h2-9,15-19,21H,10H2,1H3/t15-,16-,17-,18-,19-,21+/m1/s1. The van der Waals surface area contributed by atoms with Crippen LogP contribution in [0.4, 0.5) is 5.69 Å². The maximum Gasteiger partial charge on any atom is 0.238 e. The van der Waals surface area contributed by atoms with E-state index in [4.69, 9.17) is 21.2 Å². The number of halogens is 1. The predicted octanol–water partition coefficient (Wildman–Crippen LogP) is 3.52. The van der Waals surface area contributed by atoms with E-state index in [1.54, 1.807) is 31.4 Å². The molecule has 0 N–H and O–H groups in total. The molecule has 0 unspecified atom stereocenters. The molecule has 0 aromatic heterocycles. The van der Waals surface area contributed by atoms with E-state index in [1.807, 2.05) is 24.3 Å². The summed E-state index contributed by atoms with van der Waals surface area (Å²) < 4.78 is 5.19. The molecule has 6 atom stereocenters. The predicted molar refractivity (Wildman–Crippen MR) is 110 cm³/mol. The second-order valence-electron chi connectivity index (χ2n) is 8.40. The average molecular weight is 423 g/mol. The molecule has 0 radical (unpaired) electrons. The molecule has 2 saturated carbocycles. The van der Waals surface area contributed by atoms with Gasteiger partial charge in [-0.15, -0.1) is 0 Å². The molecule has 3 fully saturated rings. The minimum atomic E-state index is -0.328. The number of carbonyl (C=O) groups is 2. The van der Waals surface area contributed by atoms with Crippen LogP contribution in [0.3, 0.4) is 0 Å². The highest BCUT2D eigenvalue weighted by Gasteiger charge is 2.70. The molecule has 6 nitrogen and oxygen atoms in total. The van der Waals surface area contributed by atoms with Crippen LogP contribution >= 0.6 is 11.6 Å². The third kappa shape index (κ3) is 2.28. The summed E-state index contributed by atoms with van der Waals surface area (Å²) in [7, 11) is 1.59. The van der Waals surface area contributed by atoms with Crippen LogP contribution in [0.5, 0.6) is 5.75 Å². The van der Waals surface area contributed by atoms with Crippen LogP contribution in [0.1, 0.15) is 12.0 Å². The molecule has 7 heteroatoms. The Bertz CT molecular complexity index is 1080. The number of nitrogens with zero attached hydrogens (tertiary/aromatic N) is 2. The van der Waals surface area contributed by atoms with Crippen molar-refractivity contribution < 1.29 is 19.2 Å². The van der Waals surface area contributed by atoms with E-state index in [0.717, 1.165) is 17.7 Å². The number of amides is 2. The van der Waals surface area contributed by atoms with Gasteiger partial charge in [-0.2, -0.15) is 0 Å². The van der Waals surface area contributed by atoms with Crippen molar-refractivity contribution >= 4 is 34.8 Å². The molecular formula is C23H19ClN2O4. The first-order valence-corrected chi connectivity index (χ1v) is 10.5. The lowest BCUT2D eigenvalue weighted by molar-refractivity contribution is -0.125. The highest BCUT2D eigenvalue weighted by atomic mass is 35.5. The smallest absolute Gasteiger partial charge is 0.238 e. The summed E-state index contributed by atoms with van der Waals surface area (Å²) in [5.41, 5.74) is 2.42. The first-order chi connectivity index (χ1) is 14.6. The lowest BCUT2D eigenvalue weighted by Gasteiger charge is -2.29. The van der Waals surface area contributed by atoms with Gasteiger partial charge >= 0.3 is 0 Å². The van der Waals surface area contributed by atoms with Crippen molar-refractivity contribution in [3.8, 4) is 5.75 Å². The van der Waals surface area contributed by atoms with Crippen LogP contribution in [-0.2, 0) is 14.4 Å². The number of hydrogen-bond acceptors (Lipinski definition) is 5. The highest BCUT2D eigenvalue weighted by Crippen LogP contribution is 2.62. The van der Waals surface area contributed by atoms with Crippen molar-refractivity contribution in [3.63, 3.8) is 0 Å². The Morgan fingerprint density at radius 2 is 1.63 bits per heavy atom. The van der Waals surface area contributed by atoms with E-state index in [0.29, 0.717) is 16.5 Å². The van der Waals surface area contributed by atoms with E-state index < -0.39 is 0 Å².